The van der Waals surface area contributed by atoms with Gasteiger partial charge < -0.3 is 10.2 Å². The van der Waals surface area contributed by atoms with E-state index in [4.69, 9.17) is 0 Å². The molecule has 0 unspecified atom stereocenters. The average molecular weight is 283 g/mol. The van der Waals surface area contributed by atoms with Gasteiger partial charge in [0.1, 0.15) is 11.2 Å². The van der Waals surface area contributed by atoms with Crippen LogP contribution >= 0.6 is 11.8 Å². The molecule has 1 aliphatic heterocycles. The number of nitrogens with zero attached hydrogens (tertiary/aromatic N) is 1. The lowest BCUT2D eigenvalue weighted by atomic mass is 10.2. The Morgan fingerprint density at radius 2 is 2.16 bits per heavy atom. The van der Waals surface area contributed by atoms with Crippen molar-refractivity contribution in [1.82, 2.24) is 4.90 Å². The molecule has 2 atom stereocenters. The van der Waals surface area contributed by atoms with Crippen molar-refractivity contribution in [2.45, 2.75) is 24.0 Å². The summed E-state index contributed by atoms with van der Waals surface area (Å²) in [4.78, 5) is 14.1. The van der Waals surface area contributed by atoms with Gasteiger partial charge in [0.05, 0.1) is 25.4 Å². The zero-order valence-corrected chi connectivity index (χ0v) is 12.1. The summed E-state index contributed by atoms with van der Waals surface area (Å²) in [5.41, 5.74) is 0.618. The zero-order chi connectivity index (χ0) is 13.8. The van der Waals surface area contributed by atoms with E-state index in [1.54, 1.807) is 23.9 Å². The Labute approximate surface area is 117 Å². The number of likely N-dealkylation sites (N-methyl/N-ethyl adjacent to an activating group) is 1. The minimum absolute atomic E-state index is 0.0403. The van der Waals surface area contributed by atoms with Crippen LogP contribution in [0.3, 0.4) is 0 Å². The second-order valence-corrected chi connectivity index (χ2v) is 5.92. The number of hydrogen-bond donors (Lipinski definition) is 1. The number of halogens is 1. The Balaban J connectivity index is 2.26. The van der Waals surface area contributed by atoms with Crippen LogP contribution in [0, 0.1) is 5.82 Å². The summed E-state index contributed by atoms with van der Waals surface area (Å²) < 4.78 is 13.9. The Hall–Kier alpha value is -1.07. The summed E-state index contributed by atoms with van der Waals surface area (Å²) in [6.45, 7) is 3.51. The minimum atomic E-state index is -0.227. The molecular weight excluding hydrogens is 263 g/mol. The first kappa shape index (κ1) is 14.3. The van der Waals surface area contributed by atoms with Gasteiger partial charge in [-0.2, -0.15) is 0 Å². The molecule has 3 nitrogen and oxygen atoms in total. The molecule has 0 saturated carbocycles. The predicted octanol–water partition coefficient (Wildman–Crippen LogP) is 1.37. The van der Waals surface area contributed by atoms with Crippen LogP contribution in [-0.4, -0.2) is 36.2 Å². The van der Waals surface area contributed by atoms with Gasteiger partial charge in [0.15, 0.2) is 0 Å². The van der Waals surface area contributed by atoms with Crippen molar-refractivity contribution < 1.29 is 14.5 Å². The van der Waals surface area contributed by atoms with Crippen LogP contribution in [0.15, 0.2) is 24.3 Å². The van der Waals surface area contributed by atoms with Crippen LogP contribution < -0.4 is 5.32 Å². The minimum Gasteiger partial charge on any atom is -0.347 e. The molecule has 1 amide bonds. The maximum Gasteiger partial charge on any atom is 0.237 e. The van der Waals surface area contributed by atoms with Crippen molar-refractivity contribution in [1.29, 1.82) is 0 Å². The number of carbonyl (C=O) groups excluding carboxylic acids is 1. The van der Waals surface area contributed by atoms with Crippen molar-refractivity contribution in [3.05, 3.63) is 35.6 Å². The molecule has 19 heavy (non-hydrogen) atoms. The number of amides is 1. The highest BCUT2D eigenvalue weighted by Crippen LogP contribution is 2.44. The first-order valence-electron chi connectivity index (χ1n) is 6.67. The van der Waals surface area contributed by atoms with Gasteiger partial charge >= 0.3 is 0 Å². The highest BCUT2D eigenvalue weighted by molar-refractivity contribution is 8.01. The molecule has 0 radical (unpaired) electrons. The smallest absolute Gasteiger partial charge is 0.237 e. The maximum absolute atomic E-state index is 13.9. The second-order valence-electron chi connectivity index (χ2n) is 4.64. The Bertz CT molecular complexity index is 455. The molecule has 0 bridgehead atoms. The topological polar surface area (TPSA) is 36.9 Å². The first-order chi connectivity index (χ1) is 9.19. The van der Waals surface area contributed by atoms with Crippen LogP contribution in [0.5, 0.6) is 0 Å². The van der Waals surface area contributed by atoms with Crippen LogP contribution in [0.2, 0.25) is 0 Å². The molecule has 0 spiro atoms. The molecule has 1 heterocycles. The lowest BCUT2D eigenvalue weighted by Gasteiger charge is -2.23. The summed E-state index contributed by atoms with van der Waals surface area (Å²) in [7, 11) is 1.98. The van der Waals surface area contributed by atoms with Gasteiger partial charge in [-0.1, -0.05) is 25.1 Å². The third-order valence-corrected chi connectivity index (χ3v) is 4.97. The van der Waals surface area contributed by atoms with Gasteiger partial charge in [-0.3, -0.25) is 4.79 Å². The number of rotatable bonds is 5. The number of hydrogen-bond acceptors (Lipinski definition) is 2. The summed E-state index contributed by atoms with van der Waals surface area (Å²) >= 11 is 1.57. The van der Waals surface area contributed by atoms with Gasteiger partial charge in [-0.05, 0) is 12.5 Å². The van der Waals surface area contributed by atoms with E-state index in [0.717, 1.165) is 13.0 Å². The summed E-state index contributed by atoms with van der Waals surface area (Å²) in [6, 6.07) is 6.75. The maximum atomic E-state index is 13.9. The van der Waals surface area contributed by atoms with E-state index >= 15 is 0 Å². The van der Waals surface area contributed by atoms with E-state index in [0.29, 0.717) is 12.1 Å². The van der Waals surface area contributed by atoms with Crippen LogP contribution in [0.1, 0.15) is 24.3 Å². The predicted molar refractivity (Wildman–Crippen MR) is 75.2 cm³/mol. The van der Waals surface area contributed by atoms with E-state index in [1.807, 2.05) is 30.3 Å². The van der Waals surface area contributed by atoms with E-state index in [9.17, 15) is 9.18 Å². The Kier molecular flexibility index (Phi) is 4.82. The fourth-order valence-electron chi connectivity index (χ4n) is 2.27. The lowest BCUT2D eigenvalue weighted by molar-refractivity contribution is -0.626. The molecule has 5 heteroatoms. The number of nitrogens with two attached hydrogens (primary N) is 1. The average Bonchev–Trinajstić information content (AvgIpc) is 2.73. The van der Waals surface area contributed by atoms with E-state index in [2.05, 4.69) is 0 Å². The summed E-state index contributed by atoms with van der Waals surface area (Å²) in [5, 5.41) is 1.82. The number of quaternary nitrogens is 1. The fraction of sp³-hybridized carbons (Fsp3) is 0.500. The zero-order valence-electron chi connectivity index (χ0n) is 11.3. The highest BCUT2D eigenvalue weighted by Gasteiger charge is 2.40. The highest BCUT2D eigenvalue weighted by atomic mass is 32.2. The van der Waals surface area contributed by atoms with Gasteiger partial charge in [0, 0.05) is 5.56 Å². The molecule has 1 aliphatic rings. The molecule has 1 fully saturated rings. The molecular formula is C14H20FN2OS+. The number of benzene rings is 1. The van der Waals surface area contributed by atoms with Crippen molar-refractivity contribution in [2.75, 3.05) is 20.1 Å². The Morgan fingerprint density at radius 1 is 1.42 bits per heavy atom. The van der Waals surface area contributed by atoms with Gasteiger partial charge in [-0.15, -0.1) is 11.8 Å². The number of thioether (sulfide) groups is 1. The molecule has 1 aromatic carbocycles. The van der Waals surface area contributed by atoms with E-state index in [-0.39, 0.29) is 22.3 Å². The standard InChI is InChI=1S/C14H19FN2OS/c1-3-12-13(18)17(9-8-16-2)14(19-12)10-6-4-5-7-11(10)15/h4-7,12,14,16H,3,8-9H2,1-2H3/p+1/t12-,14+/m0/s1. The normalized spacial score (nSPS) is 23.1. The summed E-state index contributed by atoms with van der Waals surface area (Å²) in [5.74, 6) is -0.0855. The van der Waals surface area contributed by atoms with Crippen LogP contribution in [0.4, 0.5) is 4.39 Å². The van der Waals surface area contributed by atoms with Crippen molar-refractivity contribution in [3.8, 4) is 0 Å². The lowest BCUT2D eigenvalue weighted by Crippen LogP contribution is -2.81. The monoisotopic (exact) mass is 283 g/mol. The molecule has 0 aliphatic carbocycles. The Morgan fingerprint density at radius 3 is 2.79 bits per heavy atom. The molecule has 104 valence electrons. The molecule has 1 saturated heterocycles. The van der Waals surface area contributed by atoms with Gasteiger partial charge in [-0.25, -0.2) is 4.39 Å². The van der Waals surface area contributed by atoms with Crippen molar-refractivity contribution >= 4 is 17.7 Å². The first-order valence-corrected chi connectivity index (χ1v) is 7.61. The number of carbonyl (C=O) groups is 1. The van der Waals surface area contributed by atoms with Crippen molar-refractivity contribution in [3.63, 3.8) is 0 Å². The molecule has 0 aromatic heterocycles. The van der Waals surface area contributed by atoms with E-state index < -0.39 is 0 Å². The van der Waals surface area contributed by atoms with Crippen LogP contribution in [0.25, 0.3) is 0 Å². The second kappa shape index (κ2) is 6.39. The van der Waals surface area contributed by atoms with E-state index in [1.165, 1.54) is 6.07 Å². The fourth-order valence-corrected chi connectivity index (χ4v) is 3.72. The van der Waals surface area contributed by atoms with Gasteiger partial charge in [0.25, 0.3) is 0 Å². The van der Waals surface area contributed by atoms with Crippen molar-refractivity contribution in [2.24, 2.45) is 0 Å². The molecule has 1 aromatic rings. The largest absolute Gasteiger partial charge is 0.347 e. The summed E-state index contributed by atoms with van der Waals surface area (Å²) in [6.07, 6.45) is 0.792. The molecule has 2 N–H and O–H groups in total. The van der Waals surface area contributed by atoms with Gasteiger partial charge in [0.2, 0.25) is 5.91 Å². The third-order valence-electron chi connectivity index (χ3n) is 3.34. The third kappa shape index (κ3) is 2.92. The SMILES string of the molecule is CC[C@@H]1S[C@H](c2ccccc2F)N(CC[NH2+]C)C1=O. The quantitative estimate of drug-likeness (QED) is 0.886. The van der Waals surface area contributed by atoms with Crippen LogP contribution in [-0.2, 0) is 4.79 Å². The molecule has 2 rings (SSSR count).